The van der Waals surface area contributed by atoms with Gasteiger partial charge < -0.3 is 10.5 Å². The van der Waals surface area contributed by atoms with Crippen LogP contribution in [0.1, 0.15) is 0 Å². The number of thiazole rings is 1. The molecule has 0 spiro atoms. The summed E-state index contributed by atoms with van der Waals surface area (Å²) in [5, 5.41) is 0.185. The second kappa shape index (κ2) is 5.02. The van der Waals surface area contributed by atoms with Crippen molar-refractivity contribution in [3.05, 3.63) is 18.2 Å². The van der Waals surface area contributed by atoms with Crippen LogP contribution in [0.15, 0.2) is 18.2 Å². The predicted octanol–water partition coefficient (Wildman–Crippen LogP) is 0.793. The maximum Gasteiger partial charge on any atom is 0.322 e. The zero-order valence-electron chi connectivity index (χ0n) is 9.91. The molecule has 0 atom stereocenters. The summed E-state index contributed by atoms with van der Waals surface area (Å²) in [6, 6.07) is 5.07. The number of rotatable bonds is 4. The van der Waals surface area contributed by atoms with Crippen molar-refractivity contribution in [2.75, 3.05) is 23.3 Å². The summed E-state index contributed by atoms with van der Waals surface area (Å²) < 4.78 is 30.6. The molecule has 2 rings (SSSR count). The molecular formula is C10H11N3O4S2. The highest BCUT2D eigenvalue weighted by atomic mass is 32.2. The highest BCUT2D eigenvalue weighted by Crippen LogP contribution is 2.28. The molecule has 9 heteroatoms. The first kappa shape index (κ1) is 13.6. The Morgan fingerprint density at radius 3 is 2.95 bits per heavy atom. The SMILES string of the molecule is COC(=O)CS(=O)(=O)Nc1nc2ccc(N)cc2s1. The molecule has 1 heterocycles. The van der Waals surface area contributed by atoms with Gasteiger partial charge in [-0.3, -0.25) is 9.52 Å². The second-order valence-corrected chi connectivity index (χ2v) is 6.44. The Hall–Kier alpha value is -1.87. The van der Waals surface area contributed by atoms with Gasteiger partial charge in [-0.05, 0) is 18.2 Å². The summed E-state index contributed by atoms with van der Waals surface area (Å²) in [5.41, 5.74) is 6.83. The minimum absolute atomic E-state index is 0.185. The lowest BCUT2D eigenvalue weighted by atomic mass is 10.3. The summed E-state index contributed by atoms with van der Waals surface area (Å²) in [6.07, 6.45) is 0. The van der Waals surface area contributed by atoms with Gasteiger partial charge in [0.15, 0.2) is 10.9 Å². The highest BCUT2D eigenvalue weighted by molar-refractivity contribution is 7.93. The van der Waals surface area contributed by atoms with Crippen LogP contribution in [0.25, 0.3) is 10.2 Å². The molecule has 0 saturated heterocycles. The van der Waals surface area contributed by atoms with Gasteiger partial charge in [-0.2, -0.15) is 0 Å². The van der Waals surface area contributed by atoms with E-state index >= 15 is 0 Å². The number of ether oxygens (including phenoxy) is 1. The molecule has 0 saturated carbocycles. The van der Waals surface area contributed by atoms with Gasteiger partial charge in [0.1, 0.15) is 0 Å². The Morgan fingerprint density at radius 2 is 2.26 bits per heavy atom. The van der Waals surface area contributed by atoms with E-state index in [1.54, 1.807) is 18.2 Å². The van der Waals surface area contributed by atoms with Gasteiger partial charge in [-0.25, -0.2) is 13.4 Å². The van der Waals surface area contributed by atoms with Crippen LogP contribution in [0.2, 0.25) is 0 Å². The molecule has 19 heavy (non-hydrogen) atoms. The number of benzene rings is 1. The van der Waals surface area contributed by atoms with Crippen molar-refractivity contribution in [3.63, 3.8) is 0 Å². The molecule has 0 bridgehead atoms. The Kier molecular flexibility index (Phi) is 3.58. The molecule has 0 aliphatic rings. The Labute approximate surface area is 113 Å². The van der Waals surface area contributed by atoms with Crippen molar-refractivity contribution in [1.29, 1.82) is 0 Å². The van der Waals surface area contributed by atoms with Gasteiger partial charge in [0.25, 0.3) is 0 Å². The van der Waals surface area contributed by atoms with Crippen LogP contribution in [-0.2, 0) is 19.6 Å². The summed E-state index contributed by atoms with van der Waals surface area (Å²) >= 11 is 1.14. The average Bonchev–Trinajstić information content (AvgIpc) is 2.68. The number of nitrogens with one attached hydrogen (secondary N) is 1. The molecule has 0 aliphatic heterocycles. The van der Waals surface area contributed by atoms with Gasteiger partial charge in [-0.15, -0.1) is 0 Å². The van der Waals surface area contributed by atoms with Crippen LogP contribution in [0, 0.1) is 0 Å². The molecule has 3 N–H and O–H groups in total. The number of aromatic nitrogens is 1. The monoisotopic (exact) mass is 301 g/mol. The van der Waals surface area contributed by atoms with E-state index in [1.807, 2.05) is 0 Å². The number of fused-ring (bicyclic) bond motifs is 1. The van der Waals surface area contributed by atoms with Crippen LogP contribution >= 0.6 is 11.3 Å². The topological polar surface area (TPSA) is 111 Å². The molecule has 0 fully saturated rings. The van der Waals surface area contributed by atoms with Gasteiger partial charge in [0.05, 0.1) is 17.3 Å². The fourth-order valence-corrected chi connectivity index (χ4v) is 3.49. The van der Waals surface area contributed by atoms with E-state index in [4.69, 9.17) is 5.73 Å². The number of esters is 1. The van der Waals surface area contributed by atoms with E-state index in [2.05, 4.69) is 14.4 Å². The van der Waals surface area contributed by atoms with Crippen molar-refractivity contribution < 1.29 is 17.9 Å². The normalized spacial score (nSPS) is 11.4. The molecule has 2 aromatic rings. The lowest BCUT2D eigenvalue weighted by Gasteiger charge is -2.02. The smallest absolute Gasteiger partial charge is 0.322 e. The summed E-state index contributed by atoms with van der Waals surface area (Å²) in [5.74, 6) is -1.58. The van der Waals surface area contributed by atoms with Gasteiger partial charge in [-0.1, -0.05) is 11.3 Å². The molecule has 7 nitrogen and oxygen atoms in total. The van der Waals surface area contributed by atoms with Gasteiger partial charge >= 0.3 is 5.97 Å². The number of nitrogen functional groups attached to an aromatic ring is 1. The molecule has 0 amide bonds. The summed E-state index contributed by atoms with van der Waals surface area (Å²) in [7, 11) is -2.69. The summed E-state index contributed by atoms with van der Waals surface area (Å²) in [4.78, 5) is 15.1. The Balaban J connectivity index is 2.23. The number of sulfonamides is 1. The number of carbonyl (C=O) groups excluding carboxylic acids is 1. The first-order valence-electron chi connectivity index (χ1n) is 5.13. The number of carbonyl (C=O) groups is 1. The van der Waals surface area contributed by atoms with E-state index in [9.17, 15) is 13.2 Å². The molecule has 1 aromatic carbocycles. The Morgan fingerprint density at radius 1 is 1.53 bits per heavy atom. The third-order valence-electron chi connectivity index (χ3n) is 2.19. The first-order chi connectivity index (χ1) is 8.89. The third kappa shape index (κ3) is 3.32. The Bertz CT molecular complexity index is 723. The predicted molar refractivity (Wildman–Crippen MR) is 73.5 cm³/mol. The summed E-state index contributed by atoms with van der Waals surface area (Å²) in [6.45, 7) is 0. The number of anilines is 2. The molecule has 1 aromatic heterocycles. The van der Waals surface area contributed by atoms with E-state index in [0.29, 0.717) is 11.2 Å². The van der Waals surface area contributed by atoms with Crippen molar-refractivity contribution >= 4 is 48.4 Å². The second-order valence-electron chi connectivity index (χ2n) is 3.68. The van der Waals surface area contributed by atoms with Crippen LogP contribution < -0.4 is 10.5 Å². The first-order valence-corrected chi connectivity index (χ1v) is 7.60. The van der Waals surface area contributed by atoms with E-state index < -0.39 is 21.7 Å². The molecule has 102 valence electrons. The number of nitrogens with two attached hydrogens (primary N) is 1. The quantitative estimate of drug-likeness (QED) is 0.638. The van der Waals surface area contributed by atoms with Gasteiger partial charge in [0.2, 0.25) is 10.0 Å². The largest absolute Gasteiger partial charge is 0.468 e. The van der Waals surface area contributed by atoms with Crippen molar-refractivity contribution in [1.82, 2.24) is 4.98 Å². The molecule has 0 aliphatic carbocycles. The van der Waals surface area contributed by atoms with E-state index in [-0.39, 0.29) is 5.13 Å². The maximum absolute atomic E-state index is 11.6. The van der Waals surface area contributed by atoms with Crippen molar-refractivity contribution in [2.24, 2.45) is 0 Å². The van der Waals surface area contributed by atoms with Crippen LogP contribution in [0.5, 0.6) is 0 Å². The number of nitrogens with zero attached hydrogens (tertiary/aromatic N) is 1. The van der Waals surface area contributed by atoms with E-state index in [1.165, 1.54) is 0 Å². The minimum Gasteiger partial charge on any atom is -0.468 e. The van der Waals surface area contributed by atoms with Crippen LogP contribution in [0.4, 0.5) is 10.8 Å². The maximum atomic E-state index is 11.6. The minimum atomic E-state index is -3.81. The lowest BCUT2D eigenvalue weighted by molar-refractivity contribution is -0.137. The van der Waals surface area contributed by atoms with Crippen molar-refractivity contribution in [2.45, 2.75) is 0 Å². The van der Waals surface area contributed by atoms with E-state index in [0.717, 1.165) is 23.1 Å². The molecular weight excluding hydrogens is 290 g/mol. The standard InChI is InChI=1S/C10H11N3O4S2/c1-17-9(14)5-19(15,16)13-10-12-7-3-2-6(11)4-8(7)18-10/h2-4H,5,11H2,1H3,(H,12,13). The molecule has 0 unspecified atom stereocenters. The van der Waals surface area contributed by atoms with Gasteiger partial charge in [0, 0.05) is 5.69 Å². The third-order valence-corrected chi connectivity index (χ3v) is 4.37. The zero-order valence-corrected chi connectivity index (χ0v) is 11.5. The zero-order chi connectivity index (χ0) is 14.0. The van der Waals surface area contributed by atoms with Crippen LogP contribution in [-0.4, -0.2) is 32.2 Å². The number of methoxy groups -OCH3 is 1. The average molecular weight is 301 g/mol. The highest BCUT2D eigenvalue weighted by Gasteiger charge is 2.18. The van der Waals surface area contributed by atoms with Crippen LogP contribution in [0.3, 0.4) is 0 Å². The number of hydrogen-bond acceptors (Lipinski definition) is 7. The number of hydrogen-bond donors (Lipinski definition) is 2. The van der Waals surface area contributed by atoms with Crippen molar-refractivity contribution in [3.8, 4) is 0 Å². The molecule has 0 radical (unpaired) electrons. The fraction of sp³-hybridized carbons (Fsp3) is 0.200. The lowest BCUT2D eigenvalue weighted by Crippen LogP contribution is -2.23. The fourth-order valence-electron chi connectivity index (χ4n) is 1.37.